The molecule has 90 valence electrons. The first-order chi connectivity index (χ1) is 7.99. The summed E-state index contributed by atoms with van der Waals surface area (Å²) in [5.74, 6) is 0.131. The van der Waals surface area contributed by atoms with Crippen molar-refractivity contribution in [1.29, 1.82) is 0 Å². The maximum atomic E-state index is 13.3. The van der Waals surface area contributed by atoms with Gasteiger partial charge in [-0.15, -0.1) is 0 Å². The van der Waals surface area contributed by atoms with Crippen molar-refractivity contribution in [2.75, 3.05) is 0 Å². The predicted octanol–water partition coefficient (Wildman–Crippen LogP) is 4.08. The van der Waals surface area contributed by atoms with Crippen molar-refractivity contribution in [3.63, 3.8) is 0 Å². The molecule has 2 nitrogen and oxygen atoms in total. The van der Waals surface area contributed by atoms with Gasteiger partial charge in [-0.1, -0.05) is 11.6 Å². The SMILES string of the molecule is Cc1cc(C(N)c2ccc(Cl)o2)c(Cl)cc1F. The Kier molecular flexibility index (Phi) is 3.43. The van der Waals surface area contributed by atoms with E-state index in [9.17, 15) is 4.39 Å². The Morgan fingerprint density at radius 3 is 2.59 bits per heavy atom. The summed E-state index contributed by atoms with van der Waals surface area (Å²) in [6.07, 6.45) is 0. The van der Waals surface area contributed by atoms with Gasteiger partial charge < -0.3 is 10.2 Å². The Morgan fingerprint density at radius 1 is 1.29 bits per heavy atom. The molecule has 2 rings (SSSR count). The minimum atomic E-state index is -0.561. The number of hydrogen-bond acceptors (Lipinski definition) is 2. The van der Waals surface area contributed by atoms with E-state index in [2.05, 4.69) is 0 Å². The van der Waals surface area contributed by atoms with Crippen LogP contribution in [0.1, 0.15) is 22.9 Å². The Balaban J connectivity index is 2.43. The standard InChI is InChI=1S/C12H10Cl2FNO/c1-6-4-7(8(13)5-9(6)15)12(16)10-2-3-11(14)17-10/h2-5,12H,16H2,1H3. The number of nitrogens with two attached hydrogens (primary N) is 1. The van der Waals surface area contributed by atoms with E-state index in [1.54, 1.807) is 25.1 Å². The molecule has 0 aliphatic carbocycles. The average Bonchev–Trinajstić information content (AvgIpc) is 2.69. The van der Waals surface area contributed by atoms with Gasteiger partial charge in [-0.25, -0.2) is 4.39 Å². The van der Waals surface area contributed by atoms with Crippen LogP contribution in [0.4, 0.5) is 4.39 Å². The van der Waals surface area contributed by atoms with Crippen molar-refractivity contribution in [3.05, 3.63) is 57.2 Å². The normalized spacial score (nSPS) is 12.8. The molecule has 1 atom stereocenters. The predicted molar refractivity (Wildman–Crippen MR) is 65.9 cm³/mol. The highest BCUT2D eigenvalue weighted by molar-refractivity contribution is 6.31. The lowest BCUT2D eigenvalue weighted by Gasteiger charge is -2.12. The van der Waals surface area contributed by atoms with Crippen molar-refractivity contribution in [1.82, 2.24) is 0 Å². The first-order valence-corrected chi connectivity index (χ1v) is 5.71. The van der Waals surface area contributed by atoms with Gasteiger partial charge in [0.25, 0.3) is 0 Å². The first-order valence-electron chi connectivity index (χ1n) is 4.95. The molecular formula is C12H10Cl2FNO. The van der Waals surface area contributed by atoms with Crippen LogP contribution in [-0.4, -0.2) is 0 Å². The van der Waals surface area contributed by atoms with Gasteiger partial charge in [0.05, 0.1) is 6.04 Å². The van der Waals surface area contributed by atoms with Crippen molar-refractivity contribution < 1.29 is 8.81 Å². The van der Waals surface area contributed by atoms with Gasteiger partial charge in [0.15, 0.2) is 5.22 Å². The largest absolute Gasteiger partial charge is 0.448 e. The fraction of sp³-hybridized carbons (Fsp3) is 0.167. The number of furan rings is 1. The van der Waals surface area contributed by atoms with E-state index in [4.69, 9.17) is 33.4 Å². The lowest BCUT2D eigenvalue weighted by molar-refractivity contribution is 0.491. The summed E-state index contributed by atoms with van der Waals surface area (Å²) in [5.41, 5.74) is 7.08. The minimum Gasteiger partial charge on any atom is -0.448 e. The molecule has 17 heavy (non-hydrogen) atoms. The van der Waals surface area contributed by atoms with E-state index in [1.807, 2.05) is 0 Å². The third kappa shape index (κ3) is 2.46. The summed E-state index contributed by atoms with van der Waals surface area (Å²) >= 11 is 11.6. The second-order valence-corrected chi connectivity index (χ2v) is 4.52. The molecule has 1 aromatic carbocycles. The van der Waals surface area contributed by atoms with Crippen molar-refractivity contribution in [2.45, 2.75) is 13.0 Å². The van der Waals surface area contributed by atoms with Gasteiger partial charge in [-0.2, -0.15) is 0 Å². The van der Waals surface area contributed by atoms with Gasteiger partial charge >= 0.3 is 0 Å². The van der Waals surface area contributed by atoms with Crippen LogP contribution in [0.5, 0.6) is 0 Å². The molecule has 2 aromatic rings. The van der Waals surface area contributed by atoms with Crippen LogP contribution in [0.2, 0.25) is 10.2 Å². The summed E-state index contributed by atoms with van der Waals surface area (Å²) in [5, 5.41) is 0.526. The molecule has 0 fully saturated rings. The zero-order valence-corrected chi connectivity index (χ0v) is 10.5. The number of halogens is 3. The second-order valence-electron chi connectivity index (χ2n) is 3.74. The van der Waals surface area contributed by atoms with Crippen molar-refractivity contribution in [2.24, 2.45) is 5.73 Å². The second kappa shape index (κ2) is 4.69. The topological polar surface area (TPSA) is 39.2 Å². The molecule has 0 radical (unpaired) electrons. The Hall–Kier alpha value is -1.03. The summed E-state index contributed by atoms with van der Waals surface area (Å²) in [6.45, 7) is 1.65. The average molecular weight is 274 g/mol. The molecular weight excluding hydrogens is 264 g/mol. The molecule has 5 heteroatoms. The monoisotopic (exact) mass is 273 g/mol. The molecule has 0 aliphatic heterocycles. The van der Waals surface area contributed by atoms with Crippen LogP contribution in [0.25, 0.3) is 0 Å². The number of hydrogen-bond donors (Lipinski definition) is 1. The maximum absolute atomic E-state index is 13.3. The minimum absolute atomic E-state index is 0.255. The van der Waals surface area contributed by atoms with Gasteiger partial charge in [-0.05, 0) is 53.9 Å². The van der Waals surface area contributed by atoms with Gasteiger partial charge in [0, 0.05) is 5.02 Å². The lowest BCUT2D eigenvalue weighted by atomic mass is 10.0. The van der Waals surface area contributed by atoms with Crippen LogP contribution in [0.3, 0.4) is 0 Å². The highest BCUT2D eigenvalue weighted by Crippen LogP contribution is 2.30. The lowest BCUT2D eigenvalue weighted by Crippen LogP contribution is -2.12. The molecule has 0 spiro atoms. The summed E-state index contributed by atoms with van der Waals surface area (Å²) in [6, 6.07) is 5.56. The first kappa shape index (κ1) is 12.4. The van der Waals surface area contributed by atoms with E-state index < -0.39 is 6.04 Å². The molecule has 2 N–H and O–H groups in total. The number of benzene rings is 1. The van der Waals surface area contributed by atoms with E-state index in [0.29, 0.717) is 16.9 Å². The van der Waals surface area contributed by atoms with Crippen LogP contribution in [-0.2, 0) is 0 Å². The molecule has 0 bridgehead atoms. The summed E-state index contributed by atoms with van der Waals surface area (Å²) in [7, 11) is 0. The van der Waals surface area contributed by atoms with E-state index in [0.717, 1.165) is 0 Å². The van der Waals surface area contributed by atoms with Gasteiger partial charge in [0.1, 0.15) is 11.6 Å². The molecule has 0 aliphatic rings. The fourth-order valence-corrected chi connectivity index (χ4v) is 1.99. The molecule has 0 amide bonds. The van der Waals surface area contributed by atoms with Crippen molar-refractivity contribution >= 4 is 23.2 Å². The number of aryl methyl sites for hydroxylation is 1. The summed E-state index contributed by atoms with van der Waals surface area (Å²) in [4.78, 5) is 0. The van der Waals surface area contributed by atoms with Crippen LogP contribution >= 0.6 is 23.2 Å². The van der Waals surface area contributed by atoms with E-state index >= 15 is 0 Å². The third-order valence-corrected chi connectivity index (χ3v) is 3.04. The molecule has 1 heterocycles. The Morgan fingerprint density at radius 2 is 2.00 bits per heavy atom. The molecule has 1 unspecified atom stereocenters. The third-order valence-electron chi connectivity index (χ3n) is 2.51. The smallest absolute Gasteiger partial charge is 0.193 e. The van der Waals surface area contributed by atoms with Gasteiger partial charge in [0.2, 0.25) is 0 Å². The van der Waals surface area contributed by atoms with E-state index in [1.165, 1.54) is 6.07 Å². The molecule has 0 saturated carbocycles. The Labute approximate surface area is 108 Å². The van der Waals surface area contributed by atoms with Crippen LogP contribution in [0.15, 0.2) is 28.7 Å². The zero-order chi connectivity index (χ0) is 12.6. The van der Waals surface area contributed by atoms with Gasteiger partial charge in [-0.3, -0.25) is 0 Å². The molecule has 0 saturated heterocycles. The van der Waals surface area contributed by atoms with Crippen molar-refractivity contribution in [3.8, 4) is 0 Å². The zero-order valence-electron chi connectivity index (χ0n) is 9.01. The quantitative estimate of drug-likeness (QED) is 0.896. The summed E-state index contributed by atoms with van der Waals surface area (Å²) < 4.78 is 18.5. The molecule has 1 aromatic heterocycles. The Bertz CT molecular complexity index is 553. The van der Waals surface area contributed by atoms with E-state index in [-0.39, 0.29) is 16.1 Å². The number of rotatable bonds is 2. The highest BCUT2D eigenvalue weighted by atomic mass is 35.5. The highest BCUT2D eigenvalue weighted by Gasteiger charge is 2.17. The van der Waals surface area contributed by atoms with Crippen LogP contribution in [0, 0.1) is 12.7 Å². The van der Waals surface area contributed by atoms with Crippen LogP contribution < -0.4 is 5.73 Å². The fourth-order valence-electron chi connectivity index (χ4n) is 1.57. The maximum Gasteiger partial charge on any atom is 0.193 e.